The van der Waals surface area contributed by atoms with Crippen molar-refractivity contribution >= 4 is 5.91 Å². The lowest BCUT2D eigenvalue weighted by molar-refractivity contribution is -0.123. The van der Waals surface area contributed by atoms with Crippen LogP contribution in [0.15, 0.2) is 24.3 Å². The zero-order chi connectivity index (χ0) is 38.6. The number of unbranched alkanes of at least 4 members (excludes halogenated alkanes) is 34. The minimum absolute atomic E-state index is 0.0324. The summed E-state index contributed by atoms with van der Waals surface area (Å²) >= 11 is 0. The second-order valence-corrected chi connectivity index (χ2v) is 16.6. The lowest BCUT2D eigenvalue weighted by atomic mass is 10.0. The molecule has 53 heavy (non-hydrogen) atoms. The average molecular weight is 746 g/mol. The summed E-state index contributed by atoms with van der Waals surface area (Å²) < 4.78 is 0. The molecule has 0 radical (unpaired) electrons. The number of amides is 1. The molecule has 0 aromatic rings. The molecule has 0 fully saturated rings. The van der Waals surface area contributed by atoms with Crippen molar-refractivity contribution in [1.29, 1.82) is 0 Å². The molecule has 0 aliphatic carbocycles. The second-order valence-electron chi connectivity index (χ2n) is 16.6. The maximum absolute atomic E-state index is 12.4. The number of carbonyl (C=O) groups excluding carboxylic acids is 1. The van der Waals surface area contributed by atoms with Gasteiger partial charge in [0.1, 0.15) is 0 Å². The Balaban J connectivity index is 3.48. The molecule has 0 aromatic carbocycles. The number of aliphatic hydroxyl groups is 2. The third kappa shape index (κ3) is 41.9. The van der Waals surface area contributed by atoms with Crippen LogP contribution in [-0.2, 0) is 4.79 Å². The van der Waals surface area contributed by atoms with Crippen molar-refractivity contribution in [3.8, 4) is 0 Å². The van der Waals surface area contributed by atoms with Crippen molar-refractivity contribution < 1.29 is 15.0 Å². The molecule has 0 bridgehead atoms. The van der Waals surface area contributed by atoms with Crippen LogP contribution in [0.1, 0.15) is 264 Å². The third-order valence-electron chi connectivity index (χ3n) is 11.2. The highest BCUT2D eigenvalue weighted by molar-refractivity contribution is 5.76. The van der Waals surface area contributed by atoms with Gasteiger partial charge in [-0.15, -0.1) is 0 Å². The molecule has 4 nitrogen and oxygen atoms in total. The summed E-state index contributed by atoms with van der Waals surface area (Å²) in [6, 6.07) is -0.536. The van der Waals surface area contributed by atoms with Crippen LogP contribution in [0.4, 0.5) is 0 Å². The van der Waals surface area contributed by atoms with Crippen LogP contribution >= 0.6 is 0 Å². The Morgan fingerprint density at radius 3 is 1.13 bits per heavy atom. The van der Waals surface area contributed by atoms with E-state index >= 15 is 0 Å². The van der Waals surface area contributed by atoms with Gasteiger partial charge in [0, 0.05) is 6.42 Å². The molecule has 0 heterocycles. The Morgan fingerprint density at radius 1 is 0.453 bits per heavy atom. The minimum Gasteiger partial charge on any atom is -0.394 e. The summed E-state index contributed by atoms with van der Waals surface area (Å²) in [5, 5.41) is 23.2. The van der Waals surface area contributed by atoms with Gasteiger partial charge < -0.3 is 15.5 Å². The third-order valence-corrected chi connectivity index (χ3v) is 11.2. The van der Waals surface area contributed by atoms with E-state index in [1.807, 2.05) is 0 Å². The number of aliphatic hydroxyl groups excluding tert-OH is 2. The summed E-state index contributed by atoms with van der Waals surface area (Å²) in [4.78, 5) is 12.4. The largest absolute Gasteiger partial charge is 0.394 e. The molecule has 314 valence electrons. The number of carbonyl (C=O) groups is 1. The van der Waals surface area contributed by atoms with E-state index in [1.165, 1.54) is 212 Å². The molecule has 0 aromatic heterocycles. The predicted molar refractivity (Wildman–Crippen MR) is 235 cm³/mol. The molecule has 4 heteroatoms. The van der Waals surface area contributed by atoms with Gasteiger partial charge in [-0.05, 0) is 38.5 Å². The molecule has 0 rings (SSSR count). The van der Waals surface area contributed by atoms with Crippen LogP contribution in [0.25, 0.3) is 0 Å². The molecule has 0 saturated heterocycles. The average Bonchev–Trinajstić information content (AvgIpc) is 3.16. The van der Waals surface area contributed by atoms with E-state index in [9.17, 15) is 15.0 Å². The summed E-state index contributed by atoms with van der Waals surface area (Å²) in [7, 11) is 0. The van der Waals surface area contributed by atoms with Crippen LogP contribution in [0.2, 0.25) is 0 Å². The first-order valence-electron chi connectivity index (χ1n) is 24.1. The highest BCUT2D eigenvalue weighted by Crippen LogP contribution is 2.17. The molecular weight excluding hydrogens is 651 g/mol. The molecule has 0 spiro atoms. The summed E-state index contributed by atoms with van der Waals surface area (Å²) in [5.74, 6) is -0.0324. The zero-order valence-corrected chi connectivity index (χ0v) is 36.1. The molecule has 0 saturated carbocycles. The van der Waals surface area contributed by atoms with Gasteiger partial charge in [0.25, 0.3) is 0 Å². The number of hydrogen-bond donors (Lipinski definition) is 3. The molecule has 2 atom stereocenters. The van der Waals surface area contributed by atoms with Gasteiger partial charge in [-0.1, -0.05) is 244 Å². The standard InChI is InChI=1S/C49H95NO3/c1-3-5-7-9-11-13-15-17-19-21-23-24-25-27-28-30-32-34-36-38-40-42-44-48(52)47(46-51)50-49(53)45-43-41-39-37-35-33-31-29-26-22-20-18-16-14-12-10-8-6-4-2/h12,14,16,18,47-48,51-52H,3-11,13,15,17,19-46H2,1-2H3,(H,50,53)/b14-12-,18-16-. The normalized spacial score (nSPS) is 13.1. The summed E-state index contributed by atoms with van der Waals surface area (Å²) in [5.41, 5.74) is 0. The minimum atomic E-state index is -0.659. The first-order valence-corrected chi connectivity index (χ1v) is 24.1. The van der Waals surface area contributed by atoms with Crippen molar-refractivity contribution in [1.82, 2.24) is 5.32 Å². The van der Waals surface area contributed by atoms with Gasteiger partial charge in [-0.25, -0.2) is 0 Å². The molecule has 0 aliphatic heterocycles. The maximum atomic E-state index is 12.4. The highest BCUT2D eigenvalue weighted by atomic mass is 16.3. The van der Waals surface area contributed by atoms with E-state index in [-0.39, 0.29) is 12.5 Å². The predicted octanol–water partition coefficient (Wildman–Crippen LogP) is 15.2. The Kier molecular flexibility index (Phi) is 44.3. The van der Waals surface area contributed by atoms with Gasteiger partial charge in [-0.2, -0.15) is 0 Å². The number of rotatable bonds is 44. The monoisotopic (exact) mass is 746 g/mol. The second kappa shape index (κ2) is 45.3. The van der Waals surface area contributed by atoms with Crippen molar-refractivity contribution in [2.45, 2.75) is 276 Å². The topological polar surface area (TPSA) is 69.6 Å². The van der Waals surface area contributed by atoms with E-state index in [2.05, 4.69) is 43.5 Å². The molecule has 1 amide bonds. The maximum Gasteiger partial charge on any atom is 0.220 e. The van der Waals surface area contributed by atoms with Crippen LogP contribution in [0.5, 0.6) is 0 Å². The Hall–Kier alpha value is -1.13. The van der Waals surface area contributed by atoms with Crippen LogP contribution in [-0.4, -0.2) is 34.9 Å². The van der Waals surface area contributed by atoms with Crippen molar-refractivity contribution in [3.63, 3.8) is 0 Å². The van der Waals surface area contributed by atoms with Gasteiger partial charge in [-0.3, -0.25) is 4.79 Å². The van der Waals surface area contributed by atoms with E-state index < -0.39 is 12.1 Å². The fourth-order valence-corrected chi connectivity index (χ4v) is 7.53. The fraction of sp³-hybridized carbons (Fsp3) is 0.898. The van der Waals surface area contributed by atoms with Gasteiger partial charge in [0.15, 0.2) is 0 Å². The first-order chi connectivity index (χ1) is 26.2. The molecular formula is C49H95NO3. The molecule has 0 aliphatic rings. The van der Waals surface area contributed by atoms with Crippen LogP contribution < -0.4 is 5.32 Å². The smallest absolute Gasteiger partial charge is 0.220 e. The Morgan fingerprint density at radius 2 is 0.755 bits per heavy atom. The lowest BCUT2D eigenvalue weighted by Crippen LogP contribution is -2.45. The SMILES string of the molecule is CCCCC/C=C\C=C/CCCCCCCCCCCCC(=O)NC(CO)C(O)CCCCCCCCCCCCCCCCCCCCCCCC. The van der Waals surface area contributed by atoms with Gasteiger partial charge in [0.05, 0.1) is 18.8 Å². The van der Waals surface area contributed by atoms with E-state index in [0.29, 0.717) is 12.8 Å². The zero-order valence-electron chi connectivity index (χ0n) is 36.1. The van der Waals surface area contributed by atoms with E-state index in [0.717, 1.165) is 25.7 Å². The highest BCUT2D eigenvalue weighted by Gasteiger charge is 2.20. The lowest BCUT2D eigenvalue weighted by Gasteiger charge is -2.22. The number of allylic oxidation sites excluding steroid dienone is 4. The van der Waals surface area contributed by atoms with Crippen molar-refractivity contribution in [2.75, 3.05) is 6.61 Å². The quantitative estimate of drug-likeness (QED) is 0.0430. The Labute approximate surface area is 332 Å². The fourth-order valence-electron chi connectivity index (χ4n) is 7.53. The van der Waals surface area contributed by atoms with E-state index in [1.54, 1.807) is 0 Å². The summed E-state index contributed by atoms with van der Waals surface area (Å²) in [6.45, 7) is 4.35. The summed E-state index contributed by atoms with van der Waals surface area (Å²) in [6.07, 6.45) is 58.4. The van der Waals surface area contributed by atoms with Crippen molar-refractivity contribution in [3.05, 3.63) is 24.3 Å². The Bertz CT molecular complexity index is 765. The van der Waals surface area contributed by atoms with Crippen LogP contribution in [0, 0.1) is 0 Å². The first kappa shape index (κ1) is 51.9. The van der Waals surface area contributed by atoms with Crippen LogP contribution in [0.3, 0.4) is 0 Å². The molecule has 2 unspecified atom stereocenters. The van der Waals surface area contributed by atoms with Gasteiger partial charge >= 0.3 is 0 Å². The van der Waals surface area contributed by atoms with Gasteiger partial charge in [0.2, 0.25) is 5.91 Å². The molecule has 3 N–H and O–H groups in total. The number of nitrogens with one attached hydrogen (secondary N) is 1. The van der Waals surface area contributed by atoms with E-state index in [4.69, 9.17) is 0 Å². The van der Waals surface area contributed by atoms with Crippen molar-refractivity contribution in [2.24, 2.45) is 0 Å². The number of hydrogen-bond acceptors (Lipinski definition) is 3.